The van der Waals surface area contributed by atoms with Crippen molar-refractivity contribution in [2.75, 3.05) is 44.4 Å². The van der Waals surface area contributed by atoms with E-state index in [1.807, 2.05) is 30.3 Å². The van der Waals surface area contributed by atoms with Crippen molar-refractivity contribution in [1.82, 2.24) is 4.90 Å². The van der Waals surface area contributed by atoms with E-state index in [1.54, 1.807) is 36.4 Å². The number of rotatable bonds is 9. The molecule has 0 saturated carbocycles. The number of thioether (sulfide) groups is 1. The summed E-state index contributed by atoms with van der Waals surface area (Å²) in [6, 6.07) is 17.8. The first kappa shape index (κ1) is 26.2. The van der Waals surface area contributed by atoms with Gasteiger partial charge in [-0.15, -0.1) is 0 Å². The fraction of sp³-hybridized carbons (Fsp3) is 0.250. The zero-order valence-corrected chi connectivity index (χ0v) is 22.3. The minimum Gasteiger partial charge on any atom is -0.494 e. The first-order chi connectivity index (χ1) is 18.5. The van der Waals surface area contributed by atoms with Crippen LogP contribution in [-0.4, -0.2) is 60.5 Å². The van der Waals surface area contributed by atoms with Gasteiger partial charge in [0.25, 0.3) is 5.91 Å². The number of anilines is 1. The lowest BCUT2D eigenvalue weighted by Gasteiger charge is -2.26. The SMILES string of the molecule is NC(=O)c1ccc(-c2ccc(/C=C3\SC(=S)N(c4ccc(OCCCN5CCOCC5)cc4)C3=O)o2)cc1. The molecular formula is C28H27N3O5S2. The van der Waals surface area contributed by atoms with E-state index in [4.69, 9.17) is 31.8 Å². The average molecular weight is 550 g/mol. The molecule has 0 bridgehead atoms. The van der Waals surface area contributed by atoms with Crippen LogP contribution in [-0.2, 0) is 9.53 Å². The fourth-order valence-corrected chi connectivity index (χ4v) is 5.48. The monoisotopic (exact) mass is 549 g/mol. The van der Waals surface area contributed by atoms with Crippen molar-refractivity contribution in [3.05, 3.63) is 76.9 Å². The molecule has 8 nitrogen and oxygen atoms in total. The first-order valence-corrected chi connectivity index (χ1v) is 13.5. The largest absolute Gasteiger partial charge is 0.494 e. The van der Waals surface area contributed by atoms with Gasteiger partial charge < -0.3 is 19.6 Å². The van der Waals surface area contributed by atoms with Crippen LogP contribution >= 0.6 is 24.0 Å². The second-order valence-corrected chi connectivity index (χ2v) is 10.5. The van der Waals surface area contributed by atoms with Crippen LogP contribution in [0, 0.1) is 0 Å². The molecule has 2 saturated heterocycles. The van der Waals surface area contributed by atoms with Crippen LogP contribution in [0.3, 0.4) is 0 Å². The summed E-state index contributed by atoms with van der Waals surface area (Å²) >= 11 is 6.73. The third-order valence-electron chi connectivity index (χ3n) is 6.23. The summed E-state index contributed by atoms with van der Waals surface area (Å²) in [6.07, 6.45) is 2.63. The summed E-state index contributed by atoms with van der Waals surface area (Å²) in [7, 11) is 0. The molecule has 10 heteroatoms. The zero-order valence-electron chi connectivity index (χ0n) is 20.6. The van der Waals surface area contributed by atoms with Crippen molar-refractivity contribution in [2.24, 2.45) is 5.73 Å². The topological polar surface area (TPSA) is 98.2 Å². The van der Waals surface area contributed by atoms with Gasteiger partial charge in [-0.05, 0) is 55.0 Å². The first-order valence-electron chi connectivity index (χ1n) is 12.3. The van der Waals surface area contributed by atoms with Gasteiger partial charge in [-0.1, -0.05) is 36.1 Å². The summed E-state index contributed by atoms with van der Waals surface area (Å²) in [6.45, 7) is 5.15. The average Bonchev–Trinajstić information content (AvgIpc) is 3.51. The molecule has 1 aromatic heterocycles. The van der Waals surface area contributed by atoms with E-state index in [9.17, 15) is 9.59 Å². The molecule has 196 valence electrons. The Morgan fingerprint density at radius 2 is 1.79 bits per heavy atom. The molecule has 2 amide bonds. The molecule has 38 heavy (non-hydrogen) atoms. The molecule has 2 aliphatic rings. The molecule has 2 aromatic carbocycles. The number of furan rings is 1. The number of nitrogens with zero attached hydrogens (tertiary/aromatic N) is 2. The Morgan fingerprint density at radius 1 is 1.05 bits per heavy atom. The van der Waals surface area contributed by atoms with E-state index in [0.29, 0.717) is 38.6 Å². The minimum absolute atomic E-state index is 0.206. The third-order valence-corrected chi connectivity index (χ3v) is 7.54. The second-order valence-electron chi connectivity index (χ2n) is 8.81. The molecule has 3 heterocycles. The lowest BCUT2D eigenvalue weighted by atomic mass is 10.1. The summed E-state index contributed by atoms with van der Waals surface area (Å²) < 4.78 is 17.6. The van der Waals surface area contributed by atoms with Crippen LogP contribution in [0.15, 0.2) is 70.0 Å². The maximum Gasteiger partial charge on any atom is 0.270 e. The predicted octanol–water partition coefficient (Wildman–Crippen LogP) is 4.55. The highest BCUT2D eigenvalue weighted by atomic mass is 32.2. The molecule has 0 spiro atoms. The molecular weight excluding hydrogens is 522 g/mol. The number of hydrogen-bond acceptors (Lipinski definition) is 8. The highest BCUT2D eigenvalue weighted by Gasteiger charge is 2.33. The standard InChI is InChI=1S/C28H27N3O5S2/c29-26(32)20-4-2-19(3-5-20)24-11-10-23(36-24)18-25-27(33)31(28(37)38-25)21-6-8-22(9-7-21)35-15-1-12-30-13-16-34-17-14-30/h2-11,18H,1,12-17H2,(H2,29,32)/b25-18-. The lowest BCUT2D eigenvalue weighted by molar-refractivity contribution is -0.113. The van der Waals surface area contributed by atoms with Crippen LogP contribution in [0.1, 0.15) is 22.5 Å². The number of nitrogens with two attached hydrogens (primary N) is 1. The Kier molecular flexibility index (Phi) is 8.23. The van der Waals surface area contributed by atoms with Crippen LogP contribution in [0.2, 0.25) is 0 Å². The van der Waals surface area contributed by atoms with Gasteiger partial charge in [0.05, 0.1) is 30.4 Å². The molecule has 0 radical (unpaired) electrons. The maximum atomic E-state index is 13.2. The predicted molar refractivity (Wildman–Crippen MR) is 152 cm³/mol. The van der Waals surface area contributed by atoms with Crippen molar-refractivity contribution < 1.29 is 23.5 Å². The molecule has 2 N–H and O–H groups in total. The Morgan fingerprint density at radius 3 is 2.50 bits per heavy atom. The van der Waals surface area contributed by atoms with Gasteiger partial charge in [-0.25, -0.2) is 0 Å². The van der Waals surface area contributed by atoms with E-state index in [1.165, 1.54) is 16.7 Å². The van der Waals surface area contributed by atoms with E-state index in [-0.39, 0.29) is 5.91 Å². The Hall–Kier alpha value is -3.44. The molecule has 0 aliphatic carbocycles. The van der Waals surface area contributed by atoms with E-state index >= 15 is 0 Å². The Bertz CT molecular complexity index is 1350. The molecule has 0 atom stereocenters. The highest BCUT2D eigenvalue weighted by molar-refractivity contribution is 8.27. The highest BCUT2D eigenvalue weighted by Crippen LogP contribution is 2.37. The minimum atomic E-state index is -0.486. The number of thiocarbonyl (C=S) groups is 1. The van der Waals surface area contributed by atoms with Crippen LogP contribution < -0.4 is 15.4 Å². The Balaban J connectivity index is 1.19. The number of ether oxygens (including phenoxy) is 2. The fourth-order valence-electron chi connectivity index (χ4n) is 4.20. The van der Waals surface area contributed by atoms with Crippen molar-refractivity contribution >= 4 is 51.9 Å². The number of primary amides is 1. The summed E-state index contributed by atoms with van der Waals surface area (Å²) in [4.78, 5) is 28.8. The van der Waals surface area contributed by atoms with E-state index in [2.05, 4.69) is 4.90 Å². The Labute approximate surface area is 230 Å². The molecule has 2 aliphatic heterocycles. The number of morpholine rings is 1. The van der Waals surface area contributed by atoms with Gasteiger partial charge in [0.15, 0.2) is 4.32 Å². The number of amides is 2. The van der Waals surface area contributed by atoms with Gasteiger partial charge in [-0.2, -0.15) is 0 Å². The number of carbonyl (C=O) groups is 2. The van der Waals surface area contributed by atoms with Gasteiger partial charge in [0.2, 0.25) is 5.91 Å². The number of carbonyl (C=O) groups excluding carboxylic acids is 2. The number of hydrogen-bond donors (Lipinski definition) is 1. The summed E-state index contributed by atoms with van der Waals surface area (Å²) in [5.41, 5.74) is 7.21. The second kappa shape index (κ2) is 12.0. The summed E-state index contributed by atoms with van der Waals surface area (Å²) in [5.74, 6) is 1.20. The van der Waals surface area contributed by atoms with Crippen molar-refractivity contribution in [3.63, 3.8) is 0 Å². The molecule has 2 fully saturated rings. The molecule has 5 rings (SSSR count). The van der Waals surface area contributed by atoms with Crippen LogP contribution in [0.4, 0.5) is 5.69 Å². The normalized spacial score (nSPS) is 17.4. The summed E-state index contributed by atoms with van der Waals surface area (Å²) in [5, 5.41) is 0. The number of benzene rings is 2. The third kappa shape index (κ3) is 6.16. The van der Waals surface area contributed by atoms with Crippen LogP contribution in [0.5, 0.6) is 5.75 Å². The maximum absolute atomic E-state index is 13.2. The molecule has 3 aromatic rings. The quantitative estimate of drug-likeness (QED) is 0.236. The molecule has 0 unspecified atom stereocenters. The van der Waals surface area contributed by atoms with Crippen LogP contribution in [0.25, 0.3) is 17.4 Å². The van der Waals surface area contributed by atoms with Crippen molar-refractivity contribution in [1.29, 1.82) is 0 Å². The van der Waals surface area contributed by atoms with Gasteiger partial charge in [-0.3, -0.25) is 19.4 Å². The lowest BCUT2D eigenvalue weighted by Crippen LogP contribution is -2.37. The zero-order chi connectivity index (χ0) is 26.5. The van der Waals surface area contributed by atoms with Gasteiger partial charge >= 0.3 is 0 Å². The van der Waals surface area contributed by atoms with E-state index in [0.717, 1.165) is 50.6 Å². The van der Waals surface area contributed by atoms with E-state index < -0.39 is 5.91 Å². The van der Waals surface area contributed by atoms with Gasteiger partial charge in [0.1, 0.15) is 17.3 Å². The smallest absolute Gasteiger partial charge is 0.270 e. The van der Waals surface area contributed by atoms with Gasteiger partial charge in [0, 0.05) is 36.8 Å². The van der Waals surface area contributed by atoms with Crippen molar-refractivity contribution in [2.45, 2.75) is 6.42 Å². The van der Waals surface area contributed by atoms with Crippen molar-refractivity contribution in [3.8, 4) is 17.1 Å².